The standard InChI is InChI=1S/C16H29IO/c1-4-6-8-9-10-12-13-15(17)16(18-3)14-11-7-5-2/h5,7,11,15-16H,2,4,6,8-10,12-14H2,1,3H3/b11-7+/t15-,16+/m1/s1. The van der Waals surface area contributed by atoms with E-state index in [1.54, 1.807) is 0 Å². The summed E-state index contributed by atoms with van der Waals surface area (Å²) in [7, 11) is 1.82. The van der Waals surface area contributed by atoms with Gasteiger partial charge in [0.15, 0.2) is 0 Å². The lowest BCUT2D eigenvalue weighted by Gasteiger charge is -2.19. The Morgan fingerprint density at radius 2 is 1.83 bits per heavy atom. The molecular formula is C16H29IO. The molecule has 0 N–H and O–H groups in total. The van der Waals surface area contributed by atoms with Gasteiger partial charge in [0.2, 0.25) is 0 Å². The SMILES string of the molecule is C=C/C=C/C[C@H](OC)[C@H](I)CCCCCCCC. The quantitative estimate of drug-likeness (QED) is 0.187. The highest BCUT2D eigenvalue weighted by atomic mass is 127. The van der Waals surface area contributed by atoms with Crippen molar-refractivity contribution in [3.05, 3.63) is 24.8 Å². The van der Waals surface area contributed by atoms with Crippen molar-refractivity contribution in [1.29, 1.82) is 0 Å². The number of ether oxygens (including phenoxy) is 1. The number of hydrogen-bond donors (Lipinski definition) is 0. The van der Waals surface area contributed by atoms with Crippen LogP contribution in [0.3, 0.4) is 0 Å². The Balaban J connectivity index is 3.66. The summed E-state index contributed by atoms with van der Waals surface area (Å²) in [5, 5.41) is 0. The molecule has 0 rings (SSSR count). The molecule has 0 fully saturated rings. The molecule has 0 radical (unpaired) electrons. The molecule has 0 aromatic rings. The van der Waals surface area contributed by atoms with E-state index in [1.807, 2.05) is 19.3 Å². The third-order valence-electron chi connectivity index (χ3n) is 3.18. The molecule has 2 atom stereocenters. The first-order chi connectivity index (χ1) is 8.76. The van der Waals surface area contributed by atoms with Crippen LogP contribution in [0.15, 0.2) is 24.8 Å². The second kappa shape index (κ2) is 13.6. The van der Waals surface area contributed by atoms with Crippen molar-refractivity contribution in [3.8, 4) is 0 Å². The van der Waals surface area contributed by atoms with Gasteiger partial charge in [0.05, 0.1) is 6.10 Å². The second-order valence-corrected chi connectivity index (χ2v) is 6.35. The molecule has 0 aliphatic heterocycles. The van der Waals surface area contributed by atoms with E-state index in [0.717, 1.165) is 6.42 Å². The van der Waals surface area contributed by atoms with E-state index in [1.165, 1.54) is 44.9 Å². The van der Waals surface area contributed by atoms with Crippen molar-refractivity contribution < 1.29 is 4.74 Å². The molecule has 18 heavy (non-hydrogen) atoms. The first kappa shape index (κ1) is 18.2. The van der Waals surface area contributed by atoms with Crippen LogP contribution in [0.4, 0.5) is 0 Å². The molecule has 0 aromatic carbocycles. The Kier molecular flexibility index (Phi) is 13.7. The molecule has 2 heteroatoms. The molecule has 106 valence electrons. The molecule has 0 heterocycles. The van der Waals surface area contributed by atoms with Crippen molar-refractivity contribution in [1.82, 2.24) is 0 Å². The van der Waals surface area contributed by atoms with Crippen LogP contribution >= 0.6 is 22.6 Å². The fourth-order valence-electron chi connectivity index (χ4n) is 2.01. The molecular weight excluding hydrogens is 335 g/mol. The minimum Gasteiger partial charge on any atom is -0.380 e. The lowest BCUT2D eigenvalue weighted by molar-refractivity contribution is 0.104. The number of hydrogen-bond acceptors (Lipinski definition) is 1. The van der Waals surface area contributed by atoms with Crippen LogP contribution in [-0.2, 0) is 4.74 Å². The zero-order valence-electron chi connectivity index (χ0n) is 12.0. The topological polar surface area (TPSA) is 9.23 Å². The van der Waals surface area contributed by atoms with E-state index in [4.69, 9.17) is 4.74 Å². The van der Waals surface area contributed by atoms with E-state index in [0.29, 0.717) is 10.0 Å². The number of alkyl halides is 1. The summed E-state index contributed by atoms with van der Waals surface area (Å²) in [5.41, 5.74) is 0. The van der Waals surface area contributed by atoms with Gasteiger partial charge in [-0.15, -0.1) is 0 Å². The third kappa shape index (κ3) is 10.1. The molecule has 0 aliphatic carbocycles. The summed E-state index contributed by atoms with van der Waals surface area (Å²) in [6.07, 6.45) is 16.8. The maximum atomic E-state index is 5.56. The summed E-state index contributed by atoms with van der Waals surface area (Å²) < 4.78 is 6.18. The van der Waals surface area contributed by atoms with Crippen LogP contribution < -0.4 is 0 Å². The molecule has 1 nitrogen and oxygen atoms in total. The van der Waals surface area contributed by atoms with E-state index >= 15 is 0 Å². The summed E-state index contributed by atoms with van der Waals surface area (Å²) in [4.78, 5) is 0. The van der Waals surface area contributed by atoms with E-state index in [2.05, 4.69) is 42.2 Å². The average Bonchev–Trinajstić information content (AvgIpc) is 2.38. The Morgan fingerprint density at radius 1 is 1.17 bits per heavy atom. The van der Waals surface area contributed by atoms with E-state index in [-0.39, 0.29) is 0 Å². The zero-order valence-corrected chi connectivity index (χ0v) is 14.2. The molecule has 0 spiro atoms. The molecule has 0 amide bonds. The maximum absolute atomic E-state index is 5.56. The fraction of sp³-hybridized carbons (Fsp3) is 0.750. The number of allylic oxidation sites excluding steroid dienone is 2. The largest absolute Gasteiger partial charge is 0.380 e. The average molecular weight is 364 g/mol. The van der Waals surface area contributed by atoms with Crippen molar-refractivity contribution in [3.63, 3.8) is 0 Å². The van der Waals surface area contributed by atoms with Crippen LogP contribution in [0.25, 0.3) is 0 Å². The minimum atomic E-state index is 0.345. The first-order valence-corrected chi connectivity index (χ1v) is 8.45. The first-order valence-electron chi connectivity index (χ1n) is 7.20. The van der Waals surface area contributed by atoms with E-state index < -0.39 is 0 Å². The number of halogens is 1. The fourth-order valence-corrected chi connectivity index (χ4v) is 3.03. The van der Waals surface area contributed by atoms with Crippen LogP contribution in [0.5, 0.6) is 0 Å². The monoisotopic (exact) mass is 364 g/mol. The van der Waals surface area contributed by atoms with Gasteiger partial charge in [-0.05, 0) is 12.8 Å². The highest BCUT2D eigenvalue weighted by Crippen LogP contribution is 2.21. The molecule has 0 bridgehead atoms. The third-order valence-corrected chi connectivity index (χ3v) is 4.61. The van der Waals surface area contributed by atoms with Crippen LogP contribution in [0.1, 0.15) is 58.3 Å². The van der Waals surface area contributed by atoms with Gasteiger partial charge in [0, 0.05) is 11.0 Å². The minimum absolute atomic E-state index is 0.345. The maximum Gasteiger partial charge on any atom is 0.0723 e. The van der Waals surface area contributed by atoms with Gasteiger partial charge < -0.3 is 4.74 Å². The summed E-state index contributed by atoms with van der Waals surface area (Å²) in [6.45, 7) is 5.95. The van der Waals surface area contributed by atoms with Gasteiger partial charge >= 0.3 is 0 Å². The number of rotatable bonds is 12. The molecule has 0 saturated heterocycles. The van der Waals surface area contributed by atoms with Crippen LogP contribution in [-0.4, -0.2) is 17.1 Å². The normalized spacial score (nSPS) is 14.8. The van der Waals surface area contributed by atoms with E-state index in [9.17, 15) is 0 Å². The second-order valence-electron chi connectivity index (χ2n) is 4.75. The van der Waals surface area contributed by atoms with Gasteiger partial charge in [0.1, 0.15) is 0 Å². The summed E-state index contributed by atoms with van der Waals surface area (Å²) in [6, 6.07) is 0. The van der Waals surface area contributed by atoms with Gasteiger partial charge in [0.25, 0.3) is 0 Å². The Labute approximate surface area is 127 Å². The lowest BCUT2D eigenvalue weighted by Crippen LogP contribution is -2.22. The zero-order chi connectivity index (χ0) is 13.6. The highest BCUT2D eigenvalue weighted by molar-refractivity contribution is 14.1. The smallest absolute Gasteiger partial charge is 0.0723 e. The Bertz CT molecular complexity index is 213. The van der Waals surface area contributed by atoms with Gasteiger partial charge in [-0.3, -0.25) is 0 Å². The van der Waals surface area contributed by atoms with Gasteiger partial charge in [-0.25, -0.2) is 0 Å². The predicted octanol–water partition coefficient (Wildman–Crippen LogP) is 5.69. The van der Waals surface area contributed by atoms with Crippen molar-refractivity contribution in [2.45, 2.75) is 68.3 Å². The predicted molar refractivity (Wildman–Crippen MR) is 90.6 cm³/mol. The Hall–Kier alpha value is 0.170. The van der Waals surface area contributed by atoms with Crippen LogP contribution in [0, 0.1) is 0 Å². The summed E-state index contributed by atoms with van der Waals surface area (Å²) in [5.74, 6) is 0. The molecule has 0 aromatic heterocycles. The molecule has 0 unspecified atom stereocenters. The van der Waals surface area contributed by atoms with Gasteiger partial charge in [-0.2, -0.15) is 0 Å². The van der Waals surface area contributed by atoms with Crippen molar-refractivity contribution in [2.24, 2.45) is 0 Å². The Morgan fingerprint density at radius 3 is 2.44 bits per heavy atom. The molecule has 0 aliphatic rings. The summed E-state index contributed by atoms with van der Waals surface area (Å²) >= 11 is 2.54. The van der Waals surface area contributed by atoms with Crippen LogP contribution in [0.2, 0.25) is 0 Å². The number of unbranched alkanes of at least 4 members (excludes halogenated alkanes) is 5. The lowest BCUT2D eigenvalue weighted by atomic mass is 10.0. The van der Waals surface area contributed by atoms with Crippen molar-refractivity contribution >= 4 is 22.6 Å². The number of methoxy groups -OCH3 is 1. The highest BCUT2D eigenvalue weighted by Gasteiger charge is 2.16. The molecule has 0 saturated carbocycles. The van der Waals surface area contributed by atoms with Crippen molar-refractivity contribution in [2.75, 3.05) is 7.11 Å². The van der Waals surface area contributed by atoms with Gasteiger partial charge in [-0.1, -0.05) is 92.8 Å².